The number of rotatable bonds is 6. The van der Waals surface area contributed by atoms with E-state index in [-0.39, 0.29) is 36.7 Å². The number of carbonyl (C=O) groups is 3. The molecule has 1 N–H and O–H groups in total. The molecular formula is C23H24N2O5. The van der Waals surface area contributed by atoms with Crippen molar-refractivity contribution in [2.45, 2.75) is 45.8 Å². The molecule has 156 valence electrons. The molecule has 0 spiro atoms. The SMILES string of the molecule is CCOc1cc2c(cc1CNC(=O)c1ccc(N3C(=O)CCC3=O)cc1)O[C@H](C)C2. The van der Waals surface area contributed by atoms with Crippen LogP contribution in [0.25, 0.3) is 0 Å². The van der Waals surface area contributed by atoms with E-state index in [2.05, 4.69) is 5.32 Å². The molecule has 0 aromatic heterocycles. The standard InChI is InChI=1S/C23H24N2O5/c1-3-29-19-11-16-10-14(2)30-20(16)12-17(19)13-24-23(28)15-4-6-18(7-5-15)25-21(26)8-9-22(25)27/h4-7,11-12,14H,3,8-10,13H2,1-2H3,(H,24,28)/t14-/m1/s1. The van der Waals surface area contributed by atoms with Crippen LogP contribution in [0.3, 0.4) is 0 Å². The van der Waals surface area contributed by atoms with Crippen LogP contribution in [0.2, 0.25) is 0 Å². The van der Waals surface area contributed by atoms with Gasteiger partial charge in [-0.2, -0.15) is 0 Å². The Bertz CT molecular complexity index is 983. The monoisotopic (exact) mass is 408 g/mol. The van der Waals surface area contributed by atoms with E-state index >= 15 is 0 Å². The molecule has 1 saturated heterocycles. The van der Waals surface area contributed by atoms with Crippen LogP contribution in [-0.4, -0.2) is 30.4 Å². The molecule has 2 aliphatic rings. The fraction of sp³-hybridized carbons (Fsp3) is 0.348. The Labute approximate surface area is 175 Å². The summed E-state index contributed by atoms with van der Waals surface area (Å²) in [6.45, 7) is 4.77. The first kappa shape index (κ1) is 19.9. The third kappa shape index (κ3) is 3.87. The normalized spacial score (nSPS) is 17.7. The van der Waals surface area contributed by atoms with Crippen LogP contribution in [0.15, 0.2) is 36.4 Å². The highest BCUT2D eigenvalue weighted by Crippen LogP contribution is 2.35. The van der Waals surface area contributed by atoms with Crippen molar-refractivity contribution in [1.82, 2.24) is 5.32 Å². The number of nitrogens with zero attached hydrogens (tertiary/aromatic N) is 1. The van der Waals surface area contributed by atoms with Gasteiger partial charge in [0.25, 0.3) is 5.91 Å². The Balaban J connectivity index is 1.45. The topological polar surface area (TPSA) is 84.9 Å². The minimum atomic E-state index is -0.252. The average Bonchev–Trinajstić information content (AvgIpc) is 3.26. The van der Waals surface area contributed by atoms with Crippen LogP contribution in [0.1, 0.15) is 48.2 Å². The van der Waals surface area contributed by atoms with Gasteiger partial charge in [-0.25, -0.2) is 0 Å². The maximum atomic E-state index is 12.6. The van der Waals surface area contributed by atoms with Crippen molar-refractivity contribution >= 4 is 23.4 Å². The Morgan fingerprint density at radius 1 is 1.17 bits per heavy atom. The molecule has 0 saturated carbocycles. The molecule has 3 amide bonds. The molecule has 7 nitrogen and oxygen atoms in total. The zero-order chi connectivity index (χ0) is 21.3. The van der Waals surface area contributed by atoms with E-state index in [9.17, 15) is 14.4 Å². The molecule has 7 heteroatoms. The van der Waals surface area contributed by atoms with Gasteiger partial charge in [0, 0.05) is 42.5 Å². The van der Waals surface area contributed by atoms with Crippen LogP contribution in [0, 0.1) is 0 Å². The second-order valence-electron chi connectivity index (χ2n) is 7.49. The van der Waals surface area contributed by atoms with Gasteiger partial charge in [-0.3, -0.25) is 19.3 Å². The minimum Gasteiger partial charge on any atom is -0.494 e. The van der Waals surface area contributed by atoms with Crippen LogP contribution in [-0.2, 0) is 22.6 Å². The van der Waals surface area contributed by atoms with Crippen LogP contribution in [0.4, 0.5) is 5.69 Å². The van der Waals surface area contributed by atoms with Crippen molar-refractivity contribution in [2.24, 2.45) is 0 Å². The Morgan fingerprint density at radius 2 is 1.87 bits per heavy atom. The number of benzene rings is 2. The molecule has 1 atom stereocenters. The Morgan fingerprint density at radius 3 is 2.53 bits per heavy atom. The lowest BCUT2D eigenvalue weighted by atomic mass is 10.1. The summed E-state index contributed by atoms with van der Waals surface area (Å²) in [6, 6.07) is 10.4. The van der Waals surface area contributed by atoms with Crippen molar-refractivity contribution < 1.29 is 23.9 Å². The molecule has 1 fully saturated rings. The lowest BCUT2D eigenvalue weighted by molar-refractivity contribution is -0.121. The molecule has 2 heterocycles. The van der Waals surface area contributed by atoms with Crippen molar-refractivity contribution in [2.75, 3.05) is 11.5 Å². The van der Waals surface area contributed by atoms with Gasteiger partial charge in [-0.05, 0) is 50.2 Å². The maximum Gasteiger partial charge on any atom is 0.251 e. The number of amides is 3. The number of fused-ring (bicyclic) bond motifs is 1. The van der Waals surface area contributed by atoms with E-state index < -0.39 is 0 Å². The summed E-state index contributed by atoms with van der Waals surface area (Å²) in [4.78, 5) is 37.5. The van der Waals surface area contributed by atoms with Gasteiger partial charge in [0.1, 0.15) is 17.6 Å². The summed E-state index contributed by atoms with van der Waals surface area (Å²) >= 11 is 0. The van der Waals surface area contributed by atoms with Gasteiger partial charge in [0.05, 0.1) is 12.3 Å². The van der Waals surface area contributed by atoms with E-state index in [4.69, 9.17) is 9.47 Å². The van der Waals surface area contributed by atoms with Crippen molar-refractivity contribution in [3.05, 3.63) is 53.1 Å². The van der Waals surface area contributed by atoms with E-state index in [0.717, 1.165) is 29.0 Å². The van der Waals surface area contributed by atoms with E-state index in [0.29, 0.717) is 24.4 Å². The lowest BCUT2D eigenvalue weighted by Crippen LogP contribution is -2.28. The van der Waals surface area contributed by atoms with Gasteiger partial charge in [-0.1, -0.05) is 0 Å². The Hall–Kier alpha value is -3.35. The van der Waals surface area contributed by atoms with Crippen molar-refractivity contribution in [3.8, 4) is 11.5 Å². The first-order valence-electron chi connectivity index (χ1n) is 10.2. The minimum absolute atomic E-state index is 0.132. The first-order valence-corrected chi connectivity index (χ1v) is 10.2. The third-order valence-corrected chi connectivity index (χ3v) is 5.26. The van der Waals surface area contributed by atoms with Gasteiger partial charge >= 0.3 is 0 Å². The molecule has 2 aromatic rings. The van der Waals surface area contributed by atoms with Crippen LogP contribution >= 0.6 is 0 Å². The molecule has 2 aliphatic heterocycles. The zero-order valence-electron chi connectivity index (χ0n) is 17.1. The zero-order valence-corrected chi connectivity index (χ0v) is 17.1. The molecule has 0 unspecified atom stereocenters. The summed E-state index contributed by atoms with van der Waals surface area (Å²) < 4.78 is 11.6. The number of ether oxygens (including phenoxy) is 2. The van der Waals surface area contributed by atoms with Gasteiger partial charge < -0.3 is 14.8 Å². The highest BCUT2D eigenvalue weighted by Gasteiger charge is 2.30. The summed E-state index contributed by atoms with van der Waals surface area (Å²) in [7, 11) is 0. The van der Waals surface area contributed by atoms with Gasteiger partial charge in [-0.15, -0.1) is 0 Å². The summed E-state index contributed by atoms with van der Waals surface area (Å²) in [5, 5.41) is 2.90. The molecule has 4 rings (SSSR count). The van der Waals surface area contributed by atoms with Gasteiger partial charge in [0.15, 0.2) is 0 Å². The second kappa shape index (κ2) is 8.18. The highest BCUT2D eigenvalue weighted by atomic mass is 16.5. The van der Waals surface area contributed by atoms with Crippen LogP contribution < -0.4 is 19.7 Å². The Kier molecular flexibility index (Phi) is 5.44. The van der Waals surface area contributed by atoms with E-state index in [1.165, 1.54) is 4.90 Å². The quantitative estimate of drug-likeness (QED) is 0.743. The molecule has 0 bridgehead atoms. The summed E-state index contributed by atoms with van der Waals surface area (Å²) in [6.07, 6.45) is 1.43. The second-order valence-corrected chi connectivity index (χ2v) is 7.49. The van der Waals surface area contributed by atoms with Crippen molar-refractivity contribution in [3.63, 3.8) is 0 Å². The fourth-order valence-corrected chi connectivity index (χ4v) is 3.81. The average molecular weight is 408 g/mol. The molecule has 30 heavy (non-hydrogen) atoms. The number of hydrogen-bond donors (Lipinski definition) is 1. The third-order valence-electron chi connectivity index (χ3n) is 5.26. The predicted molar refractivity (Wildman–Crippen MR) is 111 cm³/mol. The molecule has 0 radical (unpaired) electrons. The molecular weight excluding hydrogens is 384 g/mol. The fourth-order valence-electron chi connectivity index (χ4n) is 3.81. The largest absolute Gasteiger partial charge is 0.494 e. The maximum absolute atomic E-state index is 12.6. The number of hydrogen-bond acceptors (Lipinski definition) is 5. The van der Waals surface area contributed by atoms with E-state index in [1.54, 1.807) is 24.3 Å². The first-order chi connectivity index (χ1) is 14.5. The summed E-state index contributed by atoms with van der Waals surface area (Å²) in [5.41, 5.74) is 2.90. The summed E-state index contributed by atoms with van der Waals surface area (Å²) in [5.74, 6) is 0.899. The predicted octanol–water partition coefficient (Wildman–Crippen LogP) is 2.99. The van der Waals surface area contributed by atoms with Crippen molar-refractivity contribution in [1.29, 1.82) is 0 Å². The lowest BCUT2D eigenvalue weighted by Gasteiger charge is -2.15. The number of anilines is 1. The molecule has 0 aliphatic carbocycles. The van der Waals surface area contributed by atoms with E-state index in [1.807, 2.05) is 26.0 Å². The van der Waals surface area contributed by atoms with Gasteiger partial charge in [0.2, 0.25) is 11.8 Å². The molecule has 2 aromatic carbocycles. The number of nitrogens with one attached hydrogen (secondary N) is 1. The smallest absolute Gasteiger partial charge is 0.251 e. The number of imide groups is 1. The highest BCUT2D eigenvalue weighted by molar-refractivity contribution is 6.19. The van der Waals surface area contributed by atoms with Crippen LogP contribution in [0.5, 0.6) is 11.5 Å². The number of carbonyl (C=O) groups excluding carboxylic acids is 3.